The van der Waals surface area contributed by atoms with E-state index in [0.29, 0.717) is 12.0 Å². The van der Waals surface area contributed by atoms with Gasteiger partial charge in [0.15, 0.2) is 0 Å². The van der Waals surface area contributed by atoms with E-state index in [1.165, 1.54) is 12.4 Å². The number of nitrogens with one attached hydrogen (secondary N) is 2. The van der Waals surface area contributed by atoms with Crippen LogP contribution >= 0.6 is 23.2 Å². The molecule has 6 nitrogen and oxygen atoms in total. The molecule has 1 amide bonds. The Labute approximate surface area is 218 Å². The summed E-state index contributed by atoms with van der Waals surface area (Å²) in [5.41, 5.74) is 4.36. The van der Waals surface area contributed by atoms with Crippen molar-refractivity contribution in [2.45, 2.75) is 18.9 Å². The number of carbonyl (C=O) groups is 2. The molecule has 0 aliphatic rings. The smallest absolute Gasteiger partial charge is 0.326 e. The van der Waals surface area contributed by atoms with E-state index in [2.05, 4.69) is 15.6 Å². The van der Waals surface area contributed by atoms with Gasteiger partial charge >= 0.3 is 5.97 Å². The minimum absolute atomic E-state index is 0.232. The predicted molar refractivity (Wildman–Crippen MR) is 143 cm³/mol. The van der Waals surface area contributed by atoms with E-state index in [-0.39, 0.29) is 28.1 Å². The summed E-state index contributed by atoms with van der Waals surface area (Å²) >= 11 is 12.1. The van der Waals surface area contributed by atoms with E-state index in [0.717, 1.165) is 22.4 Å². The number of hydrogen-bond acceptors (Lipinski definition) is 4. The Kier molecular flexibility index (Phi) is 8.21. The minimum atomic E-state index is -0.965. The summed E-state index contributed by atoms with van der Waals surface area (Å²) in [4.78, 5) is 28.6. The molecular weight excluding hydrogens is 497 g/mol. The number of carbonyl (C=O) groups excluding carboxylic acids is 1. The van der Waals surface area contributed by atoms with Crippen molar-refractivity contribution in [2.24, 2.45) is 0 Å². The fourth-order valence-electron chi connectivity index (χ4n) is 3.76. The molecule has 3 N–H and O–H groups in total. The number of aliphatic carboxylic acids is 1. The van der Waals surface area contributed by atoms with E-state index < -0.39 is 12.0 Å². The number of benzene rings is 3. The number of para-hydroxylation sites is 1. The van der Waals surface area contributed by atoms with Crippen molar-refractivity contribution in [3.8, 4) is 0 Å². The lowest BCUT2D eigenvalue weighted by atomic mass is 10.0. The highest BCUT2D eigenvalue weighted by Gasteiger charge is 2.20. The van der Waals surface area contributed by atoms with Crippen molar-refractivity contribution in [3.63, 3.8) is 0 Å². The second kappa shape index (κ2) is 11.7. The number of pyridine rings is 1. The molecule has 4 aromatic rings. The Morgan fingerprint density at radius 2 is 1.47 bits per heavy atom. The average Bonchev–Trinajstić information content (AvgIpc) is 2.88. The summed E-state index contributed by atoms with van der Waals surface area (Å²) in [5, 5.41) is 16.2. The number of carboxylic acid groups (broad SMARTS) is 1. The zero-order chi connectivity index (χ0) is 25.5. The molecule has 1 unspecified atom stereocenters. The standard InChI is InChI=1S/C28H23Cl2N3O3/c29-22-16-31-17-23(30)26(22)33-27(34)20-12-10-19(11-13-20)15-25(28(35)36)32-24-9-5-4-8-21(24)14-18-6-2-1-3-7-18/h1-13,16-17,25,32H,14-15H2,(H,35,36)(H,31,33,34). The lowest BCUT2D eigenvalue weighted by molar-refractivity contribution is -0.137. The van der Waals surface area contributed by atoms with Gasteiger partial charge in [-0.3, -0.25) is 9.78 Å². The lowest BCUT2D eigenvalue weighted by Gasteiger charge is -2.19. The van der Waals surface area contributed by atoms with Gasteiger partial charge in [-0.1, -0.05) is 83.9 Å². The average molecular weight is 520 g/mol. The highest BCUT2D eigenvalue weighted by atomic mass is 35.5. The van der Waals surface area contributed by atoms with E-state index in [1.807, 2.05) is 54.6 Å². The minimum Gasteiger partial charge on any atom is -0.480 e. The first-order valence-electron chi connectivity index (χ1n) is 11.2. The number of carboxylic acids is 1. The van der Waals surface area contributed by atoms with Gasteiger partial charge < -0.3 is 15.7 Å². The number of aromatic nitrogens is 1. The van der Waals surface area contributed by atoms with Crippen molar-refractivity contribution < 1.29 is 14.7 Å². The highest BCUT2D eigenvalue weighted by molar-refractivity contribution is 6.39. The van der Waals surface area contributed by atoms with Gasteiger partial charge in [-0.15, -0.1) is 0 Å². The largest absolute Gasteiger partial charge is 0.480 e. The van der Waals surface area contributed by atoms with Crippen molar-refractivity contribution in [1.82, 2.24) is 4.98 Å². The van der Waals surface area contributed by atoms with Gasteiger partial charge in [0, 0.05) is 30.1 Å². The van der Waals surface area contributed by atoms with Crippen molar-refractivity contribution in [3.05, 3.63) is 124 Å². The second-order valence-corrected chi connectivity index (χ2v) is 9.00. The SMILES string of the molecule is O=C(Nc1c(Cl)cncc1Cl)c1ccc(CC(Nc2ccccc2Cc2ccccc2)C(=O)O)cc1. The molecule has 4 rings (SSSR count). The molecule has 1 atom stereocenters. The van der Waals surface area contributed by atoms with E-state index in [9.17, 15) is 14.7 Å². The first-order chi connectivity index (χ1) is 17.4. The molecule has 1 aromatic heterocycles. The summed E-state index contributed by atoms with van der Waals surface area (Å²) in [6.45, 7) is 0. The molecular formula is C28H23Cl2N3O3. The fraction of sp³-hybridized carbons (Fsp3) is 0.107. The Bertz CT molecular complexity index is 1340. The summed E-state index contributed by atoms with van der Waals surface area (Å²) in [6, 6.07) is 23.6. The Hall–Kier alpha value is -3.87. The van der Waals surface area contributed by atoms with E-state index in [1.54, 1.807) is 24.3 Å². The monoisotopic (exact) mass is 519 g/mol. The molecule has 0 spiro atoms. The molecule has 8 heteroatoms. The molecule has 1 heterocycles. The van der Waals surface area contributed by atoms with Crippen LogP contribution in [0.25, 0.3) is 0 Å². The Balaban J connectivity index is 1.45. The van der Waals surface area contributed by atoms with Crippen LogP contribution in [0.3, 0.4) is 0 Å². The quantitative estimate of drug-likeness (QED) is 0.240. The van der Waals surface area contributed by atoms with Crippen molar-refractivity contribution >= 4 is 46.5 Å². The Morgan fingerprint density at radius 1 is 0.833 bits per heavy atom. The molecule has 0 fully saturated rings. The lowest BCUT2D eigenvalue weighted by Crippen LogP contribution is -2.32. The zero-order valence-electron chi connectivity index (χ0n) is 19.1. The Morgan fingerprint density at radius 3 is 2.14 bits per heavy atom. The molecule has 182 valence electrons. The third kappa shape index (κ3) is 6.42. The second-order valence-electron chi connectivity index (χ2n) is 8.19. The van der Waals surface area contributed by atoms with Crippen LogP contribution in [0.2, 0.25) is 10.0 Å². The number of rotatable bonds is 9. The molecule has 0 radical (unpaired) electrons. The number of hydrogen-bond donors (Lipinski definition) is 3. The first-order valence-corrected chi connectivity index (χ1v) is 12.0. The van der Waals surface area contributed by atoms with Crippen LogP contribution < -0.4 is 10.6 Å². The van der Waals surface area contributed by atoms with Crippen LogP contribution in [0, 0.1) is 0 Å². The van der Waals surface area contributed by atoms with Crippen LogP contribution in [0.4, 0.5) is 11.4 Å². The number of anilines is 2. The molecule has 3 aromatic carbocycles. The van der Waals surface area contributed by atoms with Crippen molar-refractivity contribution in [1.29, 1.82) is 0 Å². The van der Waals surface area contributed by atoms with Crippen LogP contribution in [0.1, 0.15) is 27.0 Å². The maximum atomic E-state index is 12.6. The zero-order valence-corrected chi connectivity index (χ0v) is 20.6. The fourth-order valence-corrected chi connectivity index (χ4v) is 4.22. The molecule has 36 heavy (non-hydrogen) atoms. The van der Waals surface area contributed by atoms with E-state index in [4.69, 9.17) is 23.2 Å². The molecule has 0 bridgehead atoms. The molecule has 0 saturated heterocycles. The predicted octanol–water partition coefficient (Wildman–Crippen LogP) is 6.34. The van der Waals surface area contributed by atoms with Gasteiger partial charge in [0.2, 0.25) is 0 Å². The summed E-state index contributed by atoms with van der Waals surface area (Å²) in [6.07, 6.45) is 3.71. The topological polar surface area (TPSA) is 91.3 Å². The summed E-state index contributed by atoms with van der Waals surface area (Å²) < 4.78 is 0. The first kappa shape index (κ1) is 25.2. The molecule has 0 saturated carbocycles. The molecule has 0 aliphatic heterocycles. The highest BCUT2D eigenvalue weighted by Crippen LogP contribution is 2.29. The van der Waals surface area contributed by atoms with Gasteiger partial charge in [-0.05, 0) is 41.3 Å². The van der Waals surface area contributed by atoms with Gasteiger partial charge in [0.25, 0.3) is 5.91 Å². The maximum absolute atomic E-state index is 12.6. The summed E-state index contributed by atoms with van der Waals surface area (Å²) in [5.74, 6) is -1.35. The van der Waals surface area contributed by atoms with Gasteiger partial charge in [-0.2, -0.15) is 0 Å². The third-order valence-corrected chi connectivity index (χ3v) is 6.20. The number of halogens is 2. The number of amides is 1. The van der Waals surface area contributed by atoms with Crippen LogP contribution in [0.15, 0.2) is 91.3 Å². The van der Waals surface area contributed by atoms with Gasteiger partial charge in [0.1, 0.15) is 6.04 Å². The summed E-state index contributed by atoms with van der Waals surface area (Å²) in [7, 11) is 0. The van der Waals surface area contributed by atoms with Crippen molar-refractivity contribution in [2.75, 3.05) is 10.6 Å². The maximum Gasteiger partial charge on any atom is 0.326 e. The molecule has 0 aliphatic carbocycles. The van der Waals surface area contributed by atoms with Crippen LogP contribution in [-0.4, -0.2) is 28.0 Å². The van der Waals surface area contributed by atoms with Gasteiger partial charge in [0.05, 0.1) is 15.7 Å². The normalized spacial score (nSPS) is 11.5. The number of nitrogens with zero attached hydrogens (tertiary/aromatic N) is 1. The van der Waals surface area contributed by atoms with Crippen LogP contribution in [0.5, 0.6) is 0 Å². The van der Waals surface area contributed by atoms with Gasteiger partial charge in [-0.25, -0.2) is 4.79 Å². The van der Waals surface area contributed by atoms with Crippen LogP contribution in [-0.2, 0) is 17.6 Å². The third-order valence-electron chi connectivity index (χ3n) is 5.63. The van der Waals surface area contributed by atoms with E-state index >= 15 is 0 Å².